The maximum absolute atomic E-state index is 11.2. The number of carbonyl (C=O) groups is 1. The van der Waals surface area contributed by atoms with Crippen LogP contribution in [0.15, 0.2) is 4.90 Å². The van der Waals surface area contributed by atoms with Gasteiger partial charge in [0.25, 0.3) is 5.91 Å². The Kier molecular flexibility index (Phi) is 4.49. The number of hydrogen-bond donors (Lipinski definition) is 3. The van der Waals surface area contributed by atoms with E-state index in [9.17, 15) is 4.79 Å². The van der Waals surface area contributed by atoms with E-state index in [0.717, 1.165) is 16.4 Å². The summed E-state index contributed by atoms with van der Waals surface area (Å²) in [4.78, 5) is 12.5. The van der Waals surface area contributed by atoms with Gasteiger partial charge in [0, 0.05) is 6.54 Å². The molecule has 5 N–H and O–H groups in total. The van der Waals surface area contributed by atoms with Crippen molar-refractivity contribution in [2.24, 2.45) is 11.7 Å². The van der Waals surface area contributed by atoms with Crippen molar-refractivity contribution in [3.8, 4) is 0 Å². The van der Waals surface area contributed by atoms with Crippen LogP contribution in [0.4, 0.5) is 10.7 Å². The quantitative estimate of drug-likeness (QED) is 0.708. The zero-order valence-electron chi connectivity index (χ0n) is 9.66. The molecule has 0 fully saturated rings. The summed E-state index contributed by atoms with van der Waals surface area (Å²) in [7, 11) is 0. The molecule has 0 aliphatic heterocycles. The third-order valence-corrected chi connectivity index (χ3v) is 4.14. The molecule has 1 amide bonds. The number of primary amides is 1. The van der Waals surface area contributed by atoms with Gasteiger partial charge in [-0.2, -0.15) is 0 Å². The molecule has 1 heterocycles. The molecule has 1 aromatic heterocycles. The van der Waals surface area contributed by atoms with Crippen LogP contribution in [0.25, 0.3) is 0 Å². The van der Waals surface area contributed by atoms with Crippen LogP contribution in [0, 0.1) is 5.92 Å². The van der Waals surface area contributed by atoms with Crippen molar-refractivity contribution >= 4 is 39.7 Å². The van der Waals surface area contributed by atoms with E-state index < -0.39 is 5.91 Å². The molecule has 0 aliphatic rings. The number of nitrogens with one attached hydrogen (secondary N) is 1. The zero-order valence-corrected chi connectivity index (χ0v) is 11.3. The summed E-state index contributed by atoms with van der Waals surface area (Å²) >= 11 is 2.86. The summed E-state index contributed by atoms with van der Waals surface area (Å²) in [6, 6.07) is 0. The Hall–Kier alpha value is -0.880. The van der Waals surface area contributed by atoms with Crippen LogP contribution in [0.5, 0.6) is 0 Å². The Bertz CT molecular complexity index is 388. The highest BCUT2D eigenvalue weighted by molar-refractivity contribution is 7.99. The van der Waals surface area contributed by atoms with E-state index in [-0.39, 0.29) is 0 Å². The number of amides is 1. The molecule has 0 bridgehead atoms. The topological polar surface area (TPSA) is 81.1 Å². The molecule has 1 aromatic rings. The fourth-order valence-electron chi connectivity index (χ4n) is 1.23. The third-order valence-electron chi connectivity index (χ3n) is 2.00. The fraction of sp³-hybridized carbons (Fsp3) is 0.500. The Morgan fingerprint density at radius 1 is 1.56 bits per heavy atom. The minimum atomic E-state index is -0.463. The number of nitrogens with two attached hydrogens (primary N) is 2. The van der Waals surface area contributed by atoms with Crippen molar-refractivity contribution in [1.29, 1.82) is 0 Å². The van der Waals surface area contributed by atoms with Crippen molar-refractivity contribution in [2.75, 3.05) is 23.9 Å². The van der Waals surface area contributed by atoms with Crippen LogP contribution in [-0.2, 0) is 0 Å². The van der Waals surface area contributed by atoms with Crippen LogP contribution in [0.2, 0.25) is 0 Å². The first-order valence-electron chi connectivity index (χ1n) is 4.97. The highest BCUT2D eigenvalue weighted by atomic mass is 32.2. The Labute approximate surface area is 104 Å². The van der Waals surface area contributed by atoms with Gasteiger partial charge in [-0.1, -0.05) is 13.8 Å². The molecule has 1 rings (SSSR count). The number of nitrogen functional groups attached to an aromatic ring is 1. The van der Waals surface area contributed by atoms with E-state index in [2.05, 4.69) is 19.2 Å². The first-order chi connectivity index (χ1) is 7.47. The molecule has 0 spiro atoms. The Balaban J connectivity index is 2.99. The van der Waals surface area contributed by atoms with E-state index in [1.807, 2.05) is 6.26 Å². The van der Waals surface area contributed by atoms with Crippen LogP contribution in [-0.4, -0.2) is 18.7 Å². The van der Waals surface area contributed by atoms with Gasteiger partial charge in [-0.05, 0) is 12.2 Å². The lowest BCUT2D eigenvalue weighted by atomic mass is 10.2. The minimum absolute atomic E-state index is 0.440. The Morgan fingerprint density at radius 2 is 2.19 bits per heavy atom. The molecular formula is C10H17N3OS2. The standard InChI is InChI=1S/C10H17N3OS2/c1-5(2)4-13-10-8(15-3)6(11)7(16-10)9(12)14/h5,13H,4,11H2,1-3H3,(H2,12,14). The average Bonchev–Trinajstić information content (AvgIpc) is 2.51. The number of thiophene rings is 1. The predicted molar refractivity (Wildman–Crippen MR) is 72.4 cm³/mol. The first kappa shape index (κ1) is 13.2. The molecule has 0 atom stereocenters. The molecular weight excluding hydrogens is 242 g/mol. The van der Waals surface area contributed by atoms with Gasteiger partial charge >= 0.3 is 0 Å². The monoisotopic (exact) mass is 259 g/mol. The molecule has 0 saturated heterocycles. The van der Waals surface area contributed by atoms with E-state index >= 15 is 0 Å². The molecule has 0 unspecified atom stereocenters. The number of anilines is 2. The van der Waals surface area contributed by atoms with E-state index in [4.69, 9.17) is 11.5 Å². The predicted octanol–water partition coefficient (Wildman–Crippen LogP) is 2.22. The lowest BCUT2D eigenvalue weighted by Gasteiger charge is -2.08. The molecule has 4 nitrogen and oxygen atoms in total. The normalized spacial score (nSPS) is 10.8. The molecule has 0 aromatic carbocycles. The van der Waals surface area contributed by atoms with Gasteiger partial charge < -0.3 is 16.8 Å². The average molecular weight is 259 g/mol. The highest BCUT2D eigenvalue weighted by Crippen LogP contribution is 2.41. The summed E-state index contributed by atoms with van der Waals surface area (Å²) in [5, 5.41) is 4.23. The van der Waals surface area contributed by atoms with Gasteiger partial charge in [0.2, 0.25) is 0 Å². The Morgan fingerprint density at radius 3 is 2.62 bits per heavy atom. The zero-order chi connectivity index (χ0) is 12.3. The number of rotatable bonds is 5. The number of hydrogen-bond acceptors (Lipinski definition) is 5. The fourth-order valence-corrected chi connectivity index (χ4v) is 3.12. The second kappa shape index (κ2) is 5.45. The lowest BCUT2D eigenvalue weighted by molar-refractivity contribution is 0.100. The van der Waals surface area contributed by atoms with Crippen molar-refractivity contribution in [3.05, 3.63) is 4.88 Å². The lowest BCUT2D eigenvalue weighted by Crippen LogP contribution is -2.10. The molecule has 6 heteroatoms. The molecule has 0 radical (unpaired) electrons. The molecule has 90 valence electrons. The van der Waals surface area contributed by atoms with Crippen LogP contribution in [0.1, 0.15) is 23.5 Å². The van der Waals surface area contributed by atoms with Gasteiger partial charge in [-0.3, -0.25) is 4.79 Å². The van der Waals surface area contributed by atoms with Gasteiger partial charge in [0.05, 0.1) is 10.6 Å². The van der Waals surface area contributed by atoms with Crippen molar-refractivity contribution < 1.29 is 4.79 Å². The van der Waals surface area contributed by atoms with Crippen molar-refractivity contribution in [2.45, 2.75) is 18.7 Å². The van der Waals surface area contributed by atoms with E-state index in [1.165, 1.54) is 23.1 Å². The number of thioether (sulfide) groups is 1. The van der Waals surface area contributed by atoms with Gasteiger partial charge in [-0.25, -0.2) is 0 Å². The van der Waals surface area contributed by atoms with Crippen LogP contribution < -0.4 is 16.8 Å². The first-order valence-corrected chi connectivity index (χ1v) is 7.01. The number of carbonyl (C=O) groups excluding carboxylic acids is 1. The summed E-state index contributed by atoms with van der Waals surface area (Å²) in [6.45, 7) is 5.10. The molecule has 0 aliphatic carbocycles. The van der Waals surface area contributed by atoms with Gasteiger partial charge in [0.15, 0.2) is 0 Å². The van der Waals surface area contributed by atoms with Crippen LogP contribution >= 0.6 is 23.1 Å². The summed E-state index contributed by atoms with van der Waals surface area (Å²) in [6.07, 6.45) is 1.93. The summed E-state index contributed by atoms with van der Waals surface area (Å²) < 4.78 is 0. The molecule has 16 heavy (non-hydrogen) atoms. The summed E-state index contributed by atoms with van der Waals surface area (Å²) in [5.41, 5.74) is 11.6. The van der Waals surface area contributed by atoms with Crippen molar-refractivity contribution in [1.82, 2.24) is 0 Å². The van der Waals surface area contributed by atoms with Gasteiger partial charge in [0.1, 0.15) is 9.88 Å². The largest absolute Gasteiger partial charge is 0.396 e. The second-order valence-electron chi connectivity index (χ2n) is 3.85. The maximum atomic E-state index is 11.2. The third kappa shape index (κ3) is 2.82. The SMILES string of the molecule is CSc1c(NCC(C)C)sc(C(N)=O)c1N. The van der Waals surface area contributed by atoms with Gasteiger partial charge in [-0.15, -0.1) is 23.1 Å². The van der Waals surface area contributed by atoms with Crippen molar-refractivity contribution in [3.63, 3.8) is 0 Å². The van der Waals surface area contributed by atoms with E-state index in [0.29, 0.717) is 16.5 Å². The summed E-state index contributed by atoms with van der Waals surface area (Å²) in [5.74, 6) is 0.0745. The second-order valence-corrected chi connectivity index (χ2v) is 5.68. The van der Waals surface area contributed by atoms with Crippen LogP contribution in [0.3, 0.4) is 0 Å². The highest BCUT2D eigenvalue weighted by Gasteiger charge is 2.18. The van der Waals surface area contributed by atoms with E-state index in [1.54, 1.807) is 0 Å². The smallest absolute Gasteiger partial charge is 0.261 e. The molecule has 0 saturated carbocycles. The maximum Gasteiger partial charge on any atom is 0.261 e. The minimum Gasteiger partial charge on any atom is -0.396 e.